The van der Waals surface area contributed by atoms with Crippen LogP contribution in [0, 0.1) is 0 Å². The van der Waals surface area contributed by atoms with Gasteiger partial charge >= 0.3 is 12.6 Å². The number of hydrogen-bond acceptors (Lipinski definition) is 8. The molecule has 0 amide bonds. The van der Waals surface area contributed by atoms with Crippen LogP contribution in [0.2, 0.25) is 5.02 Å². The standard InChI is InChI=1S/C25H27ClF2N8O3/c26-16-2-3-21(39-25(27)28)18(12-16)23-20(32-19-13-31-36-7-1-6-29-24(19)36)15-35(33-23)11-10-34-8-4-17(5-9-34)30-14-22(37)38/h1-3,6-7,12-13,15,17,25,30,32H,4-5,8-11,14H2,(H,37,38). The topological polar surface area (TPSA) is 122 Å². The molecule has 4 heterocycles. The fraction of sp³-hybridized carbons (Fsp3) is 0.360. The third-order valence-electron chi connectivity index (χ3n) is 6.50. The first kappa shape index (κ1) is 26.8. The summed E-state index contributed by atoms with van der Waals surface area (Å²) in [5.41, 5.74) is 2.46. The number of nitrogens with zero attached hydrogens (tertiary/aromatic N) is 6. The average Bonchev–Trinajstić information content (AvgIpc) is 3.52. The fourth-order valence-corrected chi connectivity index (χ4v) is 4.78. The second-order valence-corrected chi connectivity index (χ2v) is 9.57. The molecule has 1 fully saturated rings. The van der Waals surface area contributed by atoms with E-state index in [1.165, 1.54) is 12.1 Å². The van der Waals surface area contributed by atoms with E-state index in [0.29, 0.717) is 46.4 Å². The number of likely N-dealkylation sites (tertiary alicyclic amines) is 1. The number of anilines is 2. The second kappa shape index (κ2) is 11.9. The number of piperidine rings is 1. The molecule has 1 saturated heterocycles. The average molecular weight is 561 g/mol. The maximum Gasteiger partial charge on any atom is 0.387 e. The van der Waals surface area contributed by atoms with Crippen LogP contribution in [0.25, 0.3) is 16.9 Å². The van der Waals surface area contributed by atoms with Crippen molar-refractivity contribution < 1.29 is 23.4 Å². The Morgan fingerprint density at radius 1 is 1.23 bits per heavy atom. The summed E-state index contributed by atoms with van der Waals surface area (Å²) >= 11 is 6.23. The number of nitrogens with one attached hydrogen (secondary N) is 2. The van der Waals surface area contributed by atoms with Gasteiger partial charge < -0.3 is 25.4 Å². The van der Waals surface area contributed by atoms with Gasteiger partial charge in [0.15, 0.2) is 5.65 Å². The van der Waals surface area contributed by atoms with Crippen LogP contribution < -0.4 is 15.4 Å². The highest BCUT2D eigenvalue weighted by Gasteiger charge is 2.22. The van der Waals surface area contributed by atoms with Crippen molar-refractivity contribution in [3.8, 4) is 17.0 Å². The number of hydrogen-bond donors (Lipinski definition) is 3. The quantitative estimate of drug-likeness (QED) is 0.252. The zero-order valence-corrected chi connectivity index (χ0v) is 21.6. The zero-order valence-electron chi connectivity index (χ0n) is 20.8. The maximum atomic E-state index is 13.2. The summed E-state index contributed by atoms with van der Waals surface area (Å²) in [4.78, 5) is 17.5. The molecule has 39 heavy (non-hydrogen) atoms. The minimum Gasteiger partial charge on any atom is -0.480 e. The predicted molar refractivity (Wildman–Crippen MR) is 141 cm³/mol. The number of fused-ring (bicyclic) bond motifs is 1. The lowest BCUT2D eigenvalue weighted by Crippen LogP contribution is -2.44. The van der Waals surface area contributed by atoms with Crippen LogP contribution in [-0.4, -0.2) is 79.2 Å². The number of aliphatic carboxylic acids is 1. The second-order valence-electron chi connectivity index (χ2n) is 9.14. The van der Waals surface area contributed by atoms with Gasteiger partial charge in [-0.25, -0.2) is 9.50 Å². The van der Waals surface area contributed by atoms with Crippen LogP contribution in [0.5, 0.6) is 5.75 Å². The molecular formula is C25H27ClF2N8O3. The smallest absolute Gasteiger partial charge is 0.387 e. The first-order chi connectivity index (χ1) is 18.9. The van der Waals surface area contributed by atoms with Crippen LogP contribution in [0.1, 0.15) is 12.8 Å². The van der Waals surface area contributed by atoms with Gasteiger partial charge in [0.05, 0.1) is 25.0 Å². The molecule has 5 rings (SSSR count). The number of alkyl halides is 2. The lowest BCUT2D eigenvalue weighted by Gasteiger charge is -2.32. The number of ether oxygens (including phenoxy) is 1. The number of rotatable bonds is 11. The van der Waals surface area contributed by atoms with Crippen LogP contribution >= 0.6 is 11.6 Å². The van der Waals surface area contributed by atoms with Crippen molar-refractivity contribution in [3.05, 3.63) is 54.1 Å². The molecular weight excluding hydrogens is 534 g/mol. The van der Waals surface area contributed by atoms with E-state index < -0.39 is 12.6 Å². The summed E-state index contributed by atoms with van der Waals surface area (Å²) in [6.45, 7) is -0.156. The Morgan fingerprint density at radius 2 is 2.05 bits per heavy atom. The summed E-state index contributed by atoms with van der Waals surface area (Å²) in [7, 11) is 0. The monoisotopic (exact) mass is 560 g/mol. The van der Waals surface area contributed by atoms with Gasteiger partial charge in [-0.2, -0.15) is 19.0 Å². The van der Waals surface area contributed by atoms with Gasteiger partial charge in [0, 0.05) is 41.8 Å². The van der Waals surface area contributed by atoms with E-state index in [2.05, 4.69) is 25.6 Å². The number of aromatic nitrogens is 5. The predicted octanol–water partition coefficient (Wildman–Crippen LogP) is 3.73. The van der Waals surface area contributed by atoms with Crippen molar-refractivity contribution in [1.29, 1.82) is 0 Å². The molecule has 0 saturated carbocycles. The van der Waals surface area contributed by atoms with Crippen molar-refractivity contribution >= 4 is 34.6 Å². The molecule has 14 heteroatoms. The minimum absolute atomic E-state index is 0.0422. The van der Waals surface area contributed by atoms with Crippen molar-refractivity contribution in [2.75, 3.05) is 31.5 Å². The van der Waals surface area contributed by atoms with Crippen molar-refractivity contribution in [1.82, 2.24) is 34.6 Å². The van der Waals surface area contributed by atoms with E-state index in [-0.39, 0.29) is 18.3 Å². The van der Waals surface area contributed by atoms with Crippen LogP contribution in [0.3, 0.4) is 0 Å². The Morgan fingerprint density at radius 3 is 2.82 bits per heavy atom. The number of halogens is 3. The van der Waals surface area contributed by atoms with E-state index >= 15 is 0 Å². The Labute approximate surface area is 227 Å². The lowest BCUT2D eigenvalue weighted by atomic mass is 10.1. The normalized spacial score (nSPS) is 14.8. The molecule has 0 radical (unpaired) electrons. The van der Waals surface area contributed by atoms with Crippen LogP contribution in [-0.2, 0) is 11.3 Å². The third kappa shape index (κ3) is 6.61. The van der Waals surface area contributed by atoms with Crippen LogP contribution in [0.4, 0.5) is 20.2 Å². The molecule has 1 aliphatic rings. The summed E-state index contributed by atoms with van der Waals surface area (Å²) in [5, 5.41) is 24.6. The molecule has 0 unspecified atom stereocenters. The highest BCUT2D eigenvalue weighted by molar-refractivity contribution is 6.31. The molecule has 206 valence electrons. The summed E-state index contributed by atoms with van der Waals surface area (Å²) in [5.74, 6) is -0.908. The molecule has 0 aliphatic carbocycles. The zero-order chi connectivity index (χ0) is 27.4. The molecule has 1 aliphatic heterocycles. The highest BCUT2D eigenvalue weighted by Crippen LogP contribution is 2.38. The van der Waals surface area contributed by atoms with E-state index in [4.69, 9.17) is 26.5 Å². The summed E-state index contributed by atoms with van der Waals surface area (Å²) < 4.78 is 34.5. The van der Waals surface area contributed by atoms with Gasteiger partial charge in [-0.3, -0.25) is 9.48 Å². The Balaban J connectivity index is 1.38. The van der Waals surface area contributed by atoms with E-state index in [9.17, 15) is 13.6 Å². The van der Waals surface area contributed by atoms with Crippen molar-refractivity contribution in [2.45, 2.75) is 32.0 Å². The van der Waals surface area contributed by atoms with Gasteiger partial charge in [-0.05, 0) is 50.2 Å². The molecule has 3 N–H and O–H groups in total. The molecule has 1 aromatic carbocycles. The molecule has 3 aromatic heterocycles. The minimum atomic E-state index is -3.01. The number of carboxylic acids is 1. The SMILES string of the molecule is O=C(O)CNC1CCN(CCn2cc(Nc3cnn4cccnc34)c(-c3cc(Cl)ccc3OC(F)F)n2)CC1. The van der Waals surface area contributed by atoms with Crippen molar-refractivity contribution in [2.24, 2.45) is 0 Å². The van der Waals surface area contributed by atoms with Gasteiger partial charge in [-0.15, -0.1) is 0 Å². The third-order valence-corrected chi connectivity index (χ3v) is 6.73. The largest absolute Gasteiger partial charge is 0.480 e. The van der Waals surface area contributed by atoms with Gasteiger partial charge in [0.2, 0.25) is 0 Å². The lowest BCUT2D eigenvalue weighted by molar-refractivity contribution is -0.136. The Bertz CT molecular complexity index is 1440. The molecule has 0 atom stereocenters. The Kier molecular flexibility index (Phi) is 8.19. The van der Waals surface area contributed by atoms with E-state index in [0.717, 1.165) is 25.9 Å². The van der Waals surface area contributed by atoms with Gasteiger partial charge in [-0.1, -0.05) is 11.6 Å². The number of carboxylic acid groups (broad SMARTS) is 1. The number of carbonyl (C=O) groups is 1. The molecule has 0 spiro atoms. The number of benzene rings is 1. The molecule has 0 bridgehead atoms. The summed E-state index contributed by atoms with van der Waals surface area (Å²) in [6.07, 6.45) is 8.55. The maximum absolute atomic E-state index is 13.2. The first-order valence-electron chi connectivity index (χ1n) is 12.4. The van der Waals surface area contributed by atoms with E-state index in [1.54, 1.807) is 46.1 Å². The highest BCUT2D eigenvalue weighted by atomic mass is 35.5. The van der Waals surface area contributed by atoms with Gasteiger partial charge in [0.1, 0.15) is 17.1 Å². The summed E-state index contributed by atoms with van der Waals surface area (Å²) in [6, 6.07) is 6.36. The van der Waals surface area contributed by atoms with Crippen LogP contribution in [0.15, 0.2) is 49.1 Å². The van der Waals surface area contributed by atoms with Gasteiger partial charge in [0.25, 0.3) is 0 Å². The Hall–Kier alpha value is -3.81. The molecule has 4 aromatic rings. The van der Waals surface area contributed by atoms with E-state index in [1.807, 2.05) is 0 Å². The first-order valence-corrected chi connectivity index (χ1v) is 12.8. The molecule has 11 nitrogen and oxygen atoms in total. The fourth-order valence-electron chi connectivity index (χ4n) is 4.61. The van der Waals surface area contributed by atoms with Crippen molar-refractivity contribution in [3.63, 3.8) is 0 Å².